The van der Waals surface area contributed by atoms with Crippen molar-refractivity contribution >= 4 is 5.97 Å². The molecule has 1 aliphatic rings. The van der Waals surface area contributed by atoms with Crippen LogP contribution >= 0.6 is 0 Å². The fourth-order valence-electron chi connectivity index (χ4n) is 2.54. The lowest BCUT2D eigenvalue weighted by atomic mass is 10.1. The van der Waals surface area contributed by atoms with Crippen LogP contribution in [0.4, 0.5) is 0 Å². The summed E-state index contributed by atoms with van der Waals surface area (Å²) in [4.78, 5) is 15.8. The Morgan fingerprint density at radius 3 is 3.10 bits per heavy atom. The van der Waals surface area contributed by atoms with Crippen molar-refractivity contribution in [2.24, 2.45) is 0 Å². The van der Waals surface area contributed by atoms with Gasteiger partial charge in [0.2, 0.25) is 5.88 Å². The second-order valence-electron chi connectivity index (χ2n) is 5.15. The number of rotatable bonds is 5. The van der Waals surface area contributed by atoms with Gasteiger partial charge >= 0.3 is 5.97 Å². The number of fused-ring (bicyclic) bond motifs is 1. The summed E-state index contributed by atoms with van der Waals surface area (Å²) in [5, 5.41) is 13.5. The summed E-state index contributed by atoms with van der Waals surface area (Å²) in [6.45, 7) is 2.86. The van der Waals surface area contributed by atoms with E-state index in [0.29, 0.717) is 5.75 Å². The first-order valence-corrected chi connectivity index (χ1v) is 7.13. The maximum atomic E-state index is 11.4. The average Bonchev–Trinajstić information content (AvgIpc) is 3.07. The second-order valence-corrected chi connectivity index (χ2v) is 5.15. The van der Waals surface area contributed by atoms with Gasteiger partial charge in [0.05, 0.1) is 12.4 Å². The van der Waals surface area contributed by atoms with Crippen molar-refractivity contribution in [3.05, 3.63) is 35.3 Å². The molecule has 3 rings (SSSR count). The molecule has 0 bridgehead atoms. The first kappa shape index (κ1) is 13.6. The molecular formula is C15H17N3O3. The molecule has 0 fully saturated rings. The third kappa shape index (κ3) is 2.74. The lowest BCUT2D eigenvalue weighted by Gasteiger charge is -2.08. The minimum absolute atomic E-state index is 0.110. The van der Waals surface area contributed by atoms with Crippen molar-refractivity contribution in [3.63, 3.8) is 0 Å². The number of hydrogen-bond acceptors (Lipinski definition) is 4. The molecule has 0 saturated carbocycles. The van der Waals surface area contributed by atoms with Crippen LogP contribution in [0, 0.1) is 0 Å². The number of carboxylic acid groups (broad SMARTS) is 1. The van der Waals surface area contributed by atoms with Crippen molar-refractivity contribution < 1.29 is 14.6 Å². The van der Waals surface area contributed by atoms with Crippen LogP contribution in [0.5, 0.6) is 11.6 Å². The van der Waals surface area contributed by atoms with Gasteiger partial charge in [-0.3, -0.25) is 4.68 Å². The summed E-state index contributed by atoms with van der Waals surface area (Å²) in [5.41, 5.74) is 2.07. The number of nitrogens with zero attached hydrogens (tertiary/aromatic N) is 3. The minimum atomic E-state index is -1.02. The van der Waals surface area contributed by atoms with Crippen LogP contribution in [0.3, 0.4) is 0 Å². The van der Waals surface area contributed by atoms with E-state index in [9.17, 15) is 9.90 Å². The van der Waals surface area contributed by atoms with Crippen LogP contribution in [-0.4, -0.2) is 25.8 Å². The van der Waals surface area contributed by atoms with E-state index < -0.39 is 5.97 Å². The van der Waals surface area contributed by atoms with E-state index in [4.69, 9.17) is 4.74 Å². The van der Waals surface area contributed by atoms with Gasteiger partial charge in [-0.05, 0) is 37.3 Å². The Balaban J connectivity index is 1.91. The number of carboxylic acids is 1. The largest absolute Gasteiger partial charge is 0.477 e. The SMILES string of the molecule is CCCn1cc(Oc2nc3c(cc2C(=O)O)CCC3)cn1. The Kier molecular flexibility index (Phi) is 3.60. The van der Waals surface area contributed by atoms with E-state index in [1.807, 2.05) is 0 Å². The molecule has 2 aromatic rings. The molecular weight excluding hydrogens is 270 g/mol. The molecule has 0 atom stereocenters. The summed E-state index contributed by atoms with van der Waals surface area (Å²) in [5.74, 6) is -0.358. The van der Waals surface area contributed by atoms with Crippen molar-refractivity contribution in [2.75, 3.05) is 0 Å². The predicted molar refractivity (Wildman–Crippen MR) is 75.8 cm³/mol. The van der Waals surface area contributed by atoms with Gasteiger partial charge in [0, 0.05) is 12.2 Å². The zero-order valence-electron chi connectivity index (χ0n) is 11.9. The highest BCUT2D eigenvalue weighted by Crippen LogP contribution is 2.29. The van der Waals surface area contributed by atoms with Crippen LogP contribution in [-0.2, 0) is 19.4 Å². The normalized spacial score (nSPS) is 13.2. The van der Waals surface area contributed by atoms with Gasteiger partial charge in [-0.1, -0.05) is 6.92 Å². The van der Waals surface area contributed by atoms with Gasteiger partial charge in [-0.25, -0.2) is 9.78 Å². The molecule has 0 amide bonds. The van der Waals surface area contributed by atoms with E-state index in [2.05, 4.69) is 17.0 Å². The van der Waals surface area contributed by atoms with Gasteiger partial charge in [0.25, 0.3) is 0 Å². The quantitative estimate of drug-likeness (QED) is 0.914. The Morgan fingerprint density at radius 1 is 1.48 bits per heavy atom. The number of aromatic nitrogens is 3. The number of hydrogen-bond donors (Lipinski definition) is 1. The maximum Gasteiger partial charge on any atom is 0.341 e. The second kappa shape index (κ2) is 5.55. The Hall–Kier alpha value is -2.37. The molecule has 0 spiro atoms. The Labute approximate surface area is 122 Å². The fourth-order valence-corrected chi connectivity index (χ4v) is 2.54. The number of ether oxygens (including phenoxy) is 1. The minimum Gasteiger partial charge on any atom is -0.477 e. The van der Waals surface area contributed by atoms with Crippen molar-refractivity contribution in [1.29, 1.82) is 0 Å². The van der Waals surface area contributed by atoms with Gasteiger partial charge in [-0.15, -0.1) is 0 Å². The van der Waals surface area contributed by atoms with Crippen LogP contribution in [0.25, 0.3) is 0 Å². The molecule has 110 valence electrons. The molecule has 0 radical (unpaired) electrons. The third-order valence-electron chi connectivity index (χ3n) is 3.52. The van der Waals surface area contributed by atoms with E-state index in [1.54, 1.807) is 23.1 Å². The summed E-state index contributed by atoms with van der Waals surface area (Å²) < 4.78 is 7.41. The maximum absolute atomic E-state index is 11.4. The summed E-state index contributed by atoms with van der Waals surface area (Å²) in [6.07, 6.45) is 7.08. The molecule has 0 unspecified atom stereocenters. The molecule has 0 aromatic carbocycles. The summed E-state index contributed by atoms with van der Waals surface area (Å²) in [7, 11) is 0. The first-order chi connectivity index (χ1) is 10.2. The number of aromatic carboxylic acids is 1. The Morgan fingerprint density at radius 2 is 2.33 bits per heavy atom. The topological polar surface area (TPSA) is 77.2 Å². The van der Waals surface area contributed by atoms with E-state index >= 15 is 0 Å². The zero-order chi connectivity index (χ0) is 14.8. The van der Waals surface area contributed by atoms with E-state index in [1.165, 1.54) is 0 Å². The van der Waals surface area contributed by atoms with Crippen LogP contribution in [0.15, 0.2) is 18.5 Å². The monoisotopic (exact) mass is 287 g/mol. The van der Waals surface area contributed by atoms with Crippen molar-refractivity contribution in [2.45, 2.75) is 39.2 Å². The predicted octanol–water partition coefficient (Wildman–Crippen LogP) is 2.67. The number of aryl methyl sites for hydroxylation is 3. The molecule has 0 saturated heterocycles. The van der Waals surface area contributed by atoms with E-state index in [-0.39, 0.29) is 11.4 Å². The molecule has 1 aliphatic carbocycles. The highest BCUT2D eigenvalue weighted by atomic mass is 16.5. The standard InChI is InChI=1S/C15H17N3O3/c1-2-6-18-9-11(8-16-18)21-14-12(15(19)20)7-10-4-3-5-13(10)17-14/h7-9H,2-6H2,1H3,(H,19,20). The molecule has 6 heteroatoms. The summed E-state index contributed by atoms with van der Waals surface area (Å²) >= 11 is 0. The van der Waals surface area contributed by atoms with Crippen LogP contribution in [0.2, 0.25) is 0 Å². The molecule has 0 aliphatic heterocycles. The number of pyridine rings is 1. The smallest absolute Gasteiger partial charge is 0.341 e. The van der Waals surface area contributed by atoms with Gasteiger partial charge in [-0.2, -0.15) is 5.10 Å². The number of carbonyl (C=O) groups is 1. The third-order valence-corrected chi connectivity index (χ3v) is 3.52. The van der Waals surface area contributed by atoms with Crippen molar-refractivity contribution in [1.82, 2.24) is 14.8 Å². The first-order valence-electron chi connectivity index (χ1n) is 7.13. The highest BCUT2D eigenvalue weighted by molar-refractivity contribution is 5.90. The van der Waals surface area contributed by atoms with Crippen LogP contribution in [0.1, 0.15) is 41.4 Å². The van der Waals surface area contributed by atoms with Gasteiger partial charge in [0.15, 0.2) is 5.75 Å². The van der Waals surface area contributed by atoms with Crippen molar-refractivity contribution in [3.8, 4) is 11.6 Å². The highest BCUT2D eigenvalue weighted by Gasteiger charge is 2.21. The molecule has 21 heavy (non-hydrogen) atoms. The van der Waals surface area contributed by atoms with Gasteiger partial charge < -0.3 is 9.84 Å². The van der Waals surface area contributed by atoms with E-state index in [0.717, 1.165) is 43.5 Å². The molecule has 1 N–H and O–H groups in total. The summed E-state index contributed by atoms with van der Waals surface area (Å²) in [6, 6.07) is 1.68. The molecule has 6 nitrogen and oxygen atoms in total. The average molecular weight is 287 g/mol. The molecule has 2 aromatic heterocycles. The molecule has 2 heterocycles. The fraction of sp³-hybridized carbons (Fsp3) is 0.400. The lowest BCUT2D eigenvalue weighted by Crippen LogP contribution is -2.05. The Bertz CT molecular complexity index is 679. The lowest BCUT2D eigenvalue weighted by molar-refractivity contribution is 0.0693. The zero-order valence-corrected chi connectivity index (χ0v) is 11.9. The van der Waals surface area contributed by atoms with Crippen LogP contribution < -0.4 is 4.74 Å². The van der Waals surface area contributed by atoms with Gasteiger partial charge in [0.1, 0.15) is 5.56 Å².